The molecule has 1 spiro atoms. The van der Waals surface area contributed by atoms with Gasteiger partial charge in [0.1, 0.15) is 0 Å². The van der Waals surface area contributed by atoms with E-state index in [9.17, 15) is 0 Å². The zero-order chi connectivity index (χ0) is 11.4. The zero-order valence-corrected chi connectivity index (χ0v) is 11.2. The van der Waals surface area contributed by atoms with E-state index in [1.807, 2.05) is 0 Å². The van der Waals surface area contributed by atoms with Gasteiger partial charge in [-0.3, -0.25) is 0 Å². The van der Waals surface area contributed by atoms with Crippen molar-refractivity contribution in [3.63, 3.8) is 0 Å². The predicted octanol–water partition coefficient (Wildman–Crippen LogP) is 2.95. The van der Waals surface area contributed by atoms with Gasteiger partial charge in [0.25, 0.3) is 0 Å². The summed E-state index contributed by atoms with van der Waals surface area (Å²) in [5.74, 6) is 1.22. The van der Waals surface area contributed by atoms with E-state index < -0.39 is 0 Å². The Bertz CT molecular complexity index is 214. The summed E-state index contributed by atoms with van der Waals surface area (Å²) in [6, 6.07) is 0.354. The Morgan fingerprint density at radius 1 is 1.44 bits per heavy atom. The molecule has 0 aromatic carbocycles. The van der Waals surface area contributed by atoms with Crippen LogP contribution in [0.15, 0.2) is 0 Å². The summed E-state index contributed by atoms with van der Waals surface area (Å²) in [6.07, 6.45) is 9.03. The van der Waals surface area contributed by atoms with Gasteiger partial charge in [-0.15, -0.1) is 0 Å². The van der Waals surface area contributed by atoms with E-state index in [1.54, 1.807) is 0 Å². The summed E-state index contributed by atoms with van der Waals surface area (Å²) >= 11 is 2.13. The summed E-state index contributed by atoms with van der Waals surface area (Å²) < 4.78 is 6.05. The summed E-state index contributed by atoms with van der Waals surface area (Å²) in [5, 5.41) is 0.825. The molecule has 0 bridgehead atoms. The molecule has 1 aliphatic carbocycles. The van der Waals surface area contributed by atoms with E-state index in [1.165, 1.54) is 44.3 Å². The zero-order valence-electron chi connectivity index (χ0n) is 10.4. The van der Waals surface area contributed by atoms with Crippen molar-refractivity contribution >= 4 is 11.8 Å². The molecule has 0 aromatic rings. The highest BCUT2D eigenvalue weighted by molar-refractivity contribution is 7.99. The van der Waals surface area contributed by atoms with Crippen LogP contribution in [0.4, 0.5) is 0 Å². The largest absolute Gasteiger partial charge is 0.375 e. The van der Waals surface area contributed by atoms with E-state index in [-0.39, 0.29) is 5.60 Å². The van der Waals surface area contributed by atoms with Gasteiger partial charge >= 0.3 is 0 Å². The fourth-order valence-electron chi connectivity index (χ4n) is 2.91. The topological polar surface area (TPSA) is 35.2 Å². The smallest absolute Gasteiger partial charge is 0.0693 e. The third kappa shape index (κ3) is 3.38. The van der Waals surface area contributed by atoms with E-state index in [0.29, 0.717) is 6.04 Å². The maximum absolute atomic E-state index is 6.05. The van der Waals surface area contributed by atoms with Crippen LogP contribution in [0.2, 0.25) is 0 Å². The first-order valence-corrected chi connectivity index (χ1v) is 7.76. The van der Waals surface area contributed by atoms with Crippen molar-refractivity contribution in [3.8, 4) is 0 Å². The first-order chi connectivity index (χ1) is 7.70. The van der Waals surface area contributed by atoms with E-state index >= 15 is 0 Å². The molecule has 2 fully saturated rings. The van der Waals surface area contributed by atoms with Gasteiger partial charge in [0, 0.05) is 17.9 Å². The highest BCUT2D eigenvalue weighted by Crippen LogP contribution is 2.42. The molecule has 2 atom stereocenters. The van der Waals surface area contributed by atoms with Gasteiger partial charge in [-0.1, -0.05) is 12.8 Å². The molecular formula is C13H25NOS. The summed E-state index contributed by atoms with van der Waals surface area (Å²) in [4.78, 5) is 0. The molecule has 2 nitrogen and oxygen atoms in total. The monoisotopic (exact) mass is 243 g/mol. The molecule has 3 heteroatoms. The van der Waals surface area contributed by atoms with Crippen molar-refractivity contribution in [1.82, 2.24) is 0 Å². The highest BCUT2D eigenvalue weighted by atomic mass is 32.2. The van der Waals surface area contributed by atoms with Crippen LogP contribution in [-0.4, -0.2) is 29.3 Å². The van der Waals surface area contributed by atoms with Crippen LogP contribution in [0.3, 0.4) is 0 Å². The lowest BCUT2D eigenvalue weighted by Gasteiger charge is -2.38. The van der Waals surface area contributed by atoms with Gasteiger partial charge in [0.2, 0.25) is 0 Å². The lowest BCUT2D eigenvalue weighted by Crippen LogP contribution is -2.38. The Hall–Kier alpha value is 0.270. The van der Waals surface area contributed by atoms with E-state index in [0.717, 1.165) is 18.3 Å². The molecule has 0 radical (unpaired) electrons. The first-order valence-electron chi connectivity index (χ1n) is 6.71. The van der Waals surface area contributed by atoms with Gasteiger partial charge in [-0.2, -0.15) is 11.8 Å². The van der Waals surface area contributed by atoms with Crippen molar-refractivity contribution in [3.05, 3.63) is 0 Å². The van der Waals surface area contributed by atoms with Crippen LogP contribution in [-0.2, 0) is 4.74 Å². The minimum Gasteiger partial charge on any atom is -0.375 e. The Morgan fingerprint density at radius 2 is 2.19 bits per heavy atom. The lowest BCUT2D eigenvalue weighted by atomic mass is 9.92. The third-order valence-corrected chi connectivity index (χ3v) is 5.23. The molecule has 16 heavy (non-hydrogen) atoms. The van der Waals surface area contributed by atoms with Crippen molar-refractivity contribution in [2.75, 3.05) is 12.4 Å². The van der Waals surface area contributed by atoms with Gasteiger partial charge < -0.3 is 10.5 Å². The average molecular weight is 243 g/mol. The van der Waals surface area contributed by atoms with Crippen LogP contribution in [0.5, 0.6) is 0 Å². The normalized spacial score (nSPS) is 30.8. The predicted molar refractivity (Wildman–Crippen MR) is 70.9 cm³/mol. The standard InChI is InChI=1S/C13H25NOS/c1-11(14)5-9-16-12-4-8-15-13(10-12)6-2-3-7-13/h11-12H,2-10,14H2,1H3. The summed E-state index contributed by atoms with van der Waals surface area (Å²) in [6.45, 7) is 3.08. The van der Waals surface area contributed by atoms with Crippen molar-refractivity contribution in [1.29, 1.82) is 0 Å². The Balaban J connectivity index is 1.74. The van der Waals surface area contributed by atoms with Crippen molar-refractivity contribution in [2.24, 2.45) is 5.73 Å². The minimum atomic E-state index is 0.282. The molecule has 1 heterocycles. The molecule has 2 rings (SSSR count). The second-order valence-electron chi connectivity index (χ2n) is 5.49. The van der Waals surface area contributed by atoms with Gasteiger partial charge in [0.05, 0.1) is 5.60 Å². The number of hydrogen-bond donors (Lipinski definition) is 1. The maximum atomic E-state index is 6.05. The number of ether oxygens (including phenoxy) is 1. The number of nitrogens with two attached hydrogens (primary N) is 1. The fourth-order valence-corrected chi connectivity index (χ4v) is 4.44. The third-order valence-electron chi connectivity index (χ3n) is 3.89. The highest BCUT2D eigenvalue weighted by Gasteiger charge is 2.39. The van der Waals surface area contributed by atoms with Gasteiger partial charge in [0.15, 0.2) is 0 Å². The van der Waals surface area contributed by atoms with Crippen LogP contribution in [0.1, 0.15) is 51.9 Å². The quantitative estimate of drug-likeness (QED) is 0.824. The first kappa shape index (κ1) is 12.7. The fraction of sp³-hybridized carbons (Fsp3) is 1.00. The van der Waals surface area contributed by atoms with Crippen LogP contribution >= 0.6 is 11.8 Å². The van der Waals surface area contributed by atoms with Gasteiger partial charge in [-0.25, -0.2) is 0 Å². The van der Waals surface area contributed by atoms with Crippen LogP contribution in [0.25, 0.3) is 0 Å². The average Bonchev–Trinajstić information content (AvgIpc) is 2.66. The van der Waals surface area contributed by atoms with Crippen LogP contribution in [0, 0.1) is 0 Å². The summed E-state index contributed by atoms with van der Waals surface area (Å²) in [5.41, 5.74) is 6.07. The number of thioether (sulfide) groups is 1. The van der Waals surface area contributed by atoms with E-state index in [2.05, 4.69) is 18.7 Å². The molecule has 0 aromatic heterocycles. The van der Waals surface area contributed by atoms with Crippen molar-refractivity contribution < 1.29 is 4.74 Å². The van der Waals surface area contributed by atoms with Crippen LogP contribution < -0.4 is 5.73 Å². The molecule has 2 aliphatic rings. The molecule has 2 N–H and O–H groups in total. The lowest BCUT2D eigenvalue weighted by molar-refractivity contribution is -0.0703. The molecule has 1 saturated heterocycles. The second kappa shape index (κ2) is 5.74. The van der Waals surface area contributed by atoms with Gasteiger partial charge in [-0.05, 0) is 44.8 Å². The molecule has 94 valence electrons. The molecule has 0 amide bonds. The van der Waals surface area contributed by atoms with Crippen molar-refractivity contribution in [2.45, 2.75) is 68.8 Å². The molecule has 2 unspecified atom stereocenters. The second-order valence-corrected chi connectivity index (χ2v) is 6.90. The Labute approximate surface area is 104 Å². The number of rotatable bonds is 4. The summed E-state index contributed by atoms with van der Waals surface area (Å²) in [7, 11) is 0. The Kier molecular flexibility index (Phi) is 4.57. The maximum Gasteiger partial charge on any atom is 0.0693 e. The SMILES string of the molecule is CC(N)CCSC1CCOC2(CCCC2)C1. The molecule has 1 saturated carbocycles. The minimum absolute atomic E-state index is 0.282. The Morgan fingerprint density at radius 3 is 2.88 bits per heavy atom. The van der Waals surface area contributed by atoms with E-state index in [4.69, 9.17) is 10.5 Å². The molecule has 1 aliphatic heterocycles. The molecular weight excluding hydrogens is 218 g/mol. The number of hydrogen-bond acceptors (Lipinski definition) is 3.